The van der Waals surface area contributed by atoms with E-state index in [1.807, 2.05) is 6.07 Å². The maximum absolute atomic E-state index is 14.2. The van der Waals surface area contributed by atoms with Crippen LogP contribution < -0.4 is 16.0 Å². The highest BCUT2D eigenvalue weighted by Crippen LogP contribution is 2.36. The number of alkyl halides is 3. The molecule has 2 saturated heterocycles. The summed E-state index contributed by atoms with van der Waals surface area (Å²) in [5.41, 5.74) is 9.47. The van der Waals surface area contributed by atoms with Gasteiger partial charge in [0.2, 0.25) is 0 Å². The Hall–Kier alpha value is -3.74. The molecular formula is C29H33F3N8O. The van der Waals surface area contributed by atoms with Gasteiger partial charge < -0.3 is 25.7 Å². The number of ether oxygens (including phenoxy) is 1. The standard InChI is InChI=1S/C29H33F3N8O/c30-29(31,32)26(25-14-19(7-8-34-25)16-39-9-1-2-21(33)17-39)37-22-5-3-20(4-6-22)24-15-23-27(38-24)35-18-36-28(23)40-10-12-41-13-11-40/h3-8,14-15,18,21,26,37H,1-2,9-13,16-17,33H2,(H,35,36,38). The van der Waals surface area contributed by atoms with Crippen LogP contribution in [0.4, 0.5) is 24.7 Å². The van der Waals surface area contributed by atoms with Crippen LogP contribution in [0.2, 0.25) is 0 Å². The Bertz CT molecular complexity index is 1470. The smallest absolute Gasteiger partial charge is 0.378 e. The lowest BCUT2D eigenvalue weighted by atomic mass is 10.0. The van der Waals surface area contributed by atoms with Crippen LogP contribution in [-0.2, 0) is 11.3 Å². The molecule has 0 spiro atoms. The number of hydrogen-bond donors (Lipinski definition) is 3. The molecule has 216 valence electrons. The fourth-order valence-corrected chi connectivity index (χ4v) is 5.59. The first-order valence-corrected chi connectivity index (χ1v) is 13.9. The minimum Gasteiger partial charge on any atom is -0.378 e. The highest BCUT2D eigenvalue weighted by atomic mass is 19.4. The predicted octanol–water partition coefficient (Wildman–Crippen LogP) is 4.50. The quantitative estimate of drug-likeness (QED) is 0.300. The molecule has 6 rings (SSSR count). The van der Waals surface area contributed by atoms with Crippen LogP contribution in [0.1, 0.15) is 30.1 Å². The molecule has 2 fully saturated rings. The van der Waals surface area contributed by atoms with Crippen molar-refractivity contribution in [3.05, 3.63) is 66.2 Å². The molecular weight excluding hydrogens is 533 g/mol. The zero-order valence-corrected chi connectivity index (χ0v) is 22.6. The maximum Gasteiger partial charge on any atom is 0.414 e. The van der Waals surface area contributed by atoms with E-state index in [2.05, 4.69) is 35.1 Å². The number of benzene rings is 1. The first-order valence-electron chi connectivity index (χ1n) is 13.9. The molecule has 4 aromatic rings. The Kier molecular flexibility index (Phi) is 7.78. The van der Waals surface area contributed by atoms with E-state index in [0.717, 1.165) is 67.0 Å². The Morgan fingerprint density at radius 3 is 2.61 bits per heavy atom. The molecule has 2 aliphatic rings. The molecule has 2 unspecified atom stereocenters. The van der Waals surface area contributed by atoms with Gasteiger partial charge in [-0.3, -0.25) is 9.88 Å². The van der Waals surface area contributed by atoms with Crippen molar-refractivity contribution >= 4 is 22.5 Å². The number of pyridine rings is 1. The van der Waals surface area contributed by atoms with Crippen molar-refractivity contribution in [1.82, 2.24) is 24.8 Å². The average molecular weight is 567 g/mol. The lowest BCUT2D eigenvalue weighted by Gasteiger charge is -2.31. The van der Waals surface area contributed by atoms with Crippen molar-refractivity contribution < 1.29 is 17.9 Å². The number of morpholine rings is 1. The second-order valence-corrected chi connectivity index (χ2v) is 10.7. The Morgan fingerprint density at radius 1 is 1.05 bits per heavy atom. The number of aromatic nitrogens is 4. The Labute approximate surface area is 235 Å². The third kappa shape index (κ3) is 6.29. The van der Waals surface area contributed by atoms with Gasteiger partial charge in [-0.15, -0.1) is 0 Å². The van der Waals surface area contributed by atoms with E-state index < -0.39 is 12.2 Å². The second-order valence-electron chi connectivity index (χ2n) is 10.7. The molecule has 41 heavy (non-hydrogen) atoms. The lowest BCUT2D eigenvalue weighted by Crippen LogP contribution is -2.42. The SMILES string of the molecule is NC1CCCN(Cc2ccnc(C(Nc3ccc(-c4cc5c(N6CCOCC6)ncnc5[nH]4)cc3)C(F)(F)F)c2)C1. The number of fused-ring (bicyclic) bond motifs is 1. The minimum absolute atomic E-state index is 0.0646. The first kappa shape index (κ1) is 27.4. The zero-order chi connectivity index (χ0) is 28.4. The van der Waals surface area contributed by atoms with E-state index >= 15 is 0 Å². The molecule has 3 aromatic heterocycles. The number of aromatic amines is 1. The molecule has 0 bridgehead atoms. The summed E-state index contributed by atoms with van der Waals surface area (Å²) >= 11 is 0. The van der Waals surface area contributed by atoms with Gasteiger partial charge in [-0.2, -0.15) is 13.2 Å². The van der Waals surface area contributed by atoms with Crippen LogP contribution in [0.15, 0.2) is 55.0 Å². The fraction of sp³-hybridized carbons (Fsp3) is 0.414. The van der Waals surface area contributed by atoms with Gasteiger partial charge in [0.1, 0.15) is 17.8 Å². The Balaban J connectivity index is 1.20. The summed E-state index contributed by atoms with van der Waals surface area (Å²) in [5, 5.41) is 3.55. The summed E-state index contributed by atoms with van der Waals surface area (Å²) in [6.07, 6.45) is 0.400. The summed E-state index contributed by atoms with van der Waals surface area (Å²) < 4.78 is 48.1. The van der Waals surface area contributed by atoms with Crippen LogP contribution in [0.3, 0.4) is 0 Å². The van der Waals surface area contributed by atoms with E-state index in [-0.39, 0.29) is 11.7 Å². The molecule has 5 heterocycles. The van der Waals surface area contributed by atoms with E-state index in [1.54, 1.807) is 30.3 Å². The summed E-state index contributed by atoms with van der Waals surface area (Å²) in [6.45, 7) is 4.95. The number of anilines is 2. The number of halogens is 3. The van der Waals surface area contributed by atoms with Gasteiger partial charge in [-0.25, -0.2) is 9.97 Å². The number of likely N-dealkylation sites (tertiary alicyclic amines) is 1. The third-order valence-corrected chi connectivity index (χ3v) is 7.64. The van der Waals surface area contributed by atoms with Crippen LogP contribution in [0, 0.1) is 0 Å². The molecule has 0 aliphatic carbocycles. The highest BCUT2D eigenvalue weighted by molar-refractivity contribution is 5.92. The summed E-state index contributed by atoms with van der Waals surface area (Å²) in [6, 6.07) is 10.3. The third-order valence-electron chi connectivity index (χ3n) is 7.64. The molecule has 2 aliphatic heterocycles. The summed E-state index contributed by atoms with van der Waals surface area (Å²) in [4.78, 5) is 20.6. The highest BCUT2D eigenvalue weighted by Gasteiger charge is 2.42. The number of hydrogen-bond acceptors (Lipinski definition) is 8. The second kappa shape index (κ2) is 11.6. The van der Waals surface area contributed by atoms with Crippen molar-refractivity contribution in [1.29, 1.82) is 0 Å². The molecule has 2 atom stereocenters. The van der Waals surface area contributed by atoms with Gasteiger partial charge in [0.25, 0.3) is 0 Å². The zero-order valence-electron chi connectivity index (χ0n) is 22.6. The van der Waals surface area contributed by atoms with Crippen molar-refractivity contribution in [3.8, 4) is 11.3 Å². The molecule has 4 N–H and O–H groups in total. The molecule has 0 amide bonds. The van der Waals surface area contributed by atoms with E-state index in [1.165, 1.54) is 18.6 Å². The van der Waals surface area contributed by atoms with Crippen molar-refractivity contribution in [3.63, 3.8) is 0 Å². The predicted molar refractivity (Wildman–Crippen MR) is 151 cm³/mol. The van der Waals surface area contributed by atoms with Crippen LogP contribution in [0.5, 0.6) is 0 Å². The van der Waals surface area contributed by atoms with Gasteiger partial charge in [0, 0.05) is 49.8 Å². The first-order chi connectivity index (χ1) is 19.8. The summed E-state index contributed by atoms with van der Waals surface area (Å²) in [7, 11) is 0. The van der Waals surface area contributed by atoms with Crippen LogP contribution >= 0.6 is 0 Å². The molecule has 9 nitrogen and oxygen atoms in total. The van der Waals surface area contributed by atoms with Gasteiger partial charge in [0.05, 0.1) is 24.3 Å². The minimum atomic E-state index is -4.54. The summed E-state index contributed by atoms with van der Waals surface area (Å²) in [5.74, 6) is 0.838. The number of nitrogens with zero attached hydrogens (tertiary/aromatic N) is 5. The van der Waals surface area contributed by atoms with E-state index in [0.29, 0.717) is 31.1 Å². The fourth-order valence-electron chi connectivity index (χ4n) is 5.59. The Morgan fingerprint density at radius 2 is 1.85 bits per heavy atom. The monoisotopic (exact) mass is 566 g/mol. The van der Waals surface area contributed by atoms with Crippen LogP contribution in [-0.4, -0.2) is 76.4 Å². The van der Waals surface area contributed by atoms with Crippen molar-refractivity contribution in [2.45, 2.75) is 37.6 Å². The van der Waals surface area contributed by atoms with Gasteiger partial charge in [0.15, 0.2) is 6.04 Å². The average Bonchev–Trinajstić information content (AvgIpc) is 3.41. The number of nitrogens with two attached hydrogens (primary N) is 1. The van der Waals surface area contributed by atoms with E-state index in [4.69, 9.17) is 10.5 Å². The lowest BCUT2D eigenvalue weighted by molar-refractivity contribution is -0.144. The maximum atomic E-state index is 14.2. The number of H-pyrrole nitrogens is 1. The number of piperidine rings is 1. The molecule has 12 heteroatoms. The van der Waals surface area contributed by atoms with Crippen molar-refractivity contribution in [2.24, 2.45) is 5.73 Å². The topological polar surface area (TPSA) is 108 Å². The number of rotatable bonds is 7. The van der Waals surface area contributed by atoms with E-state index in [9.17, 15) is 13.2 Å². The van der Waals surface area contributed by atoms with Crippen molar-refractivity contribution in [2.75, 3.05) is 49.6 Å². The molecule has 0 radical (unpaired) electrons. The normalized spacial score (nSPS) is 19.4. The number of nitrogens with one attached hydrogen (secondary N) is 2. The van der Waals surface area contributed by atoms with Gasteiger partial charge >= 0.3 is 6.18 Å². The molecule has 0 saturated carbocycles. The van der Waals surface area contributed by atoms with Gasteiger partial charge in [-0.1, -0.05) is 12.1 Å². The van der Waals surface area contributed by atoms with Crippen LogP contribution in [0.25, 0.3) is 22.3 Å². The largest absolute Gasteiger partial charge is 0.414 e. The molecule has 1 aromatic carbocycles. The van der Waals surface area contributed by atoms with Gasteiger partial charge in [-0.05, 0) is 60.8 Å².